The number of rotatable bonds is 3. The van der Waals surface area contributed by atoms with E-state index in [1.165, 1.54) is 4.90 Å². The maximum absolute atomic E-state index is 12.7. The van der Waals surface area contributed by atoms with E-state index in [9.17, 15) is 9.59 Å². The molecule has 0 aromatic carbocycles. The van der Waals surface area contributed by atoms with E-state index in [0.717, 1.165) is 6.42 Å². The van der Waals surface area contributed by atoms with E-state index in [1.807, 2.05) is 20.8 Å². The first kappa shape index (κ1) is 12.9. The second kappa shape index (κ2) is 3.92. The fourth-order valence-corrected chi connectivity index (χ4v) is 3.99. The van der Waals surface area contributed by atoms with Gasteiger partial charge in [0.25, 0.3) is 0 Å². The highest BCUT2D eigenvalue weighted by atomic mass is 16.2. The molecule has 5 unspecified atom stereocenters. The highest BCUT2D eigenvalue weighted by molar-refractivity contribution is 6.07. The molecule has 5 atom stereocenters. The lowest BCUT2D eigenvalue weighted by atomic mass is 9.85. The summed E-state index contributed by atoms with van der Waals surface area (Å²) in [7, 11) is 0. The van der Waals surface area contributed by atoms with E-state index in [1.54, 1.807) is 0 Å². The fourth-order valence-electron chi connectivity index (χ4n) is 3.99. The molecule has 2 amide bonds. The summed E-state index contributed by atoms with van der Waals surface area (Å²) < 4.78 is 0. The zero-order valence-electron chi connectivity index (χ0n) is 11.8. The third kappa shape index (κ3) is 1.43. The van der Waals surface area contributed by atoms with Crippen LogP contribution in [0.25, 0.3) is 0 Å². The van der Waals surface area contributed by atoms with E-state index < -0.39 is 5.54 Å². The Labute approximate surface area is 114 Å². The summed E-state index contributed by atoms with van der Waals surface area (Å²) in [6.45, 7) is 6.30. The van der Waals surface area contributed by atoms with Gasteiger partial charge in [0.15, 0.2) is 0 Å². The van der Waals surface area contributed by atoms with Crippen LogP contribution in [0.3, 0.4) is 0 Å². The number of nitrogens with zero attached hydrogens (tertiary/aromatic N) is 1. The first-order valence-electron chi connectivity index (χ1n) is 7.18. The summed E-state index contributed by atoms with van der Waals surface area (Å²) in [6, 6.07) is 0. The molecular formula is C15H22N2O2. The molecule has 4 heteroatoms. The van der Waals surface area contributed by atoms with Gasteiger partial charge in [-0.05, 0) is 31.1 Å². The normalized spacial score (nSPS) is 39.3. The Morgan fingerprint density at radius 3 is 2.11 bits per heavy atom. The minimum Gasteiger partial charge on any atom is -0.328 e. The van der Waals surface area contributed by atoms with Gasteiger partial charge in [-0.15, -0.1) is 0 Å². The van der Waals surface area contributed by atoms with Crippen molar-refractivity contribution in [2.24, 2.45) is 35.3 Å². The highest BCUT2D eigenvalue weighted by Gasteiger charge is 2.62. The van der Waals surface area contributed by atoms with Crippen molar-refractivity contribution in [3.05, 3.63) is 12.2 Å². The number of allylic oxidation sites excluding steroid dienone is 2. The number of carbonyl (C=O) groups is 2. The molecule has 3 aliphatic rings. The number of imide groups is 1. The minimum atomic E-state index is -0.558. The Morgan fingerprint density at radius 2 is 1.74 bits per heavy atom. The van der Waals surface area contributed by atoms with E-state index in [4.69, 9.17) is 5.73 Å². The molecule has 1 saturated carbocycles. The predicted molar refractivity (Wildman–Crippen MR) is 71.9 cm³/mol. The number of amides is 2. The summed E-state index contributed by atoms with van der Waals surface area (Å²) in [6.07, 6.45) is 5.22. The van der Waals surface area contributed by atoms with E-state index in [0.29, 0.717) is 6.54 Å². The molecule has 2 bridgehead atoms. The van der Waals surface area contributed by atoms with Crippen LogP contribution in [-0.2, 0) is 9.59 Å². The smallest absolute Gasteiger partial charge is 0.234 e. The van der Waals surface area contributed by atoms with Gasteiger partial charge in [0.2, 0.25) is 11.8 Å². The van der Waals surface area contributed by atoms with Crippen LogP contribution in [0.4, 0.5) is 0 Å². The van der Waals surface area contributed by atoms with Crippen LogP contribution < -0.4 is 5.73 Å². The molecule has 1 saturated heterocycles. The second-order valence-electron chi connectivity index (χ2n) is 6.73. The van der Waals surface area contributed by atoms with Gasteiger partial charge < -0.3 is 5.73 Å². The van der Waals surface area contributed by atoms with Crippen LogP contribution in [0, 0.1) is 29.6 Å². The van der Waals surface area contributed by atoms with Gasteiger partial charge in [0, 0.05) is 6.54 Å². The summed E-state index contributed by atoms with van der Waals surface area (Å²) in [5.74, 6) is 0.479. The van der Waals surface area contributed by atoms with Crippen molar-refractivity contribution in [3.63, 3.8) is 0 Å². The van der Waals surface area contributed by atoms with Gasteiger partial charge >= 0.3 is 0 Å². The van der Waals surface area contributed by atoms with E-state index in [2.05, 4.69) is 12.2 Å². The number of hydrogen-bond acceptors (Lipinski definition) is 3. The number of carbonyl (C=O) groups excluding carboxylic acids is 2. The van der Waals surface area contributed by atoms with Crippen molar-refractivity contribution in [2.45, 2.75) is 32.7 Å². The molecule has 104 valence electrons. The highest BCUT2D eigenvalue weighted by Crippen LogP contribution is 2.54. The standard InChI is InChI=1S/C15H22N2O2/c1-8(2)15(3,7-16)17-13(18)11-9-4-5-10(6-9)12(11)14(17)19/h4-5,8-12H,6-7,16H2,1-3H3. The maximum Gasteiger partial charge on any atom is 0.234 e. The van der Waals surface area contributed by atoms with Gasteiger partial charge in [-0.1, -0.05) is 26.0 Å². The molecule has 3 rings (SSSR count). The van der Waals surface area contributed by atoms with Crippen molar-refractivity contribution in [1.82, 2.24) is 4.90 Å². The molecule has 0 spiro atoms. The molecular weight excluding hydrogens is 240 g/mol. The molecule has 2 aliphatic carbocycles. The van der Waals surface area contributed by atoms with Gasteiger partial charge in [-0.25, -0.2) is 0 Å². The Balaban J connectivity index is 1.99. The maximum atomic E-state index is 12.7. The molecule has 2 fully saturated rings. The Kier molecular flexibility index (Phi) is 2.65. The largest absolute Gasteiger partial charge is 0.328 e. The molecule has 1 heterocycles. The van der Waals surface area contributed by atoms with Crippen LogP contribution in [0.1, 0.15) is 27.2 Å². The third-order valence-electron chi connectivity index (χ3n) is 5.64. The van der Waals surface area contributed by atoms with Crippen molar-refractivity contribution >= 4 is 11.8 Å². The lowest BCUT2D eigenvalue weighted by Gasteiger charge is -2.40. The number of nitrogens with two attached hydrogens (primary N) is 1. The summed E-state index contributed by atoms with van der Waals surface area (Å²) in [5, 5.41) is 0. The second-order valence-corrected chi connectivity index (χ2v) is 6.73. The van der Waals surface area contributed by atoms with Gasteiger partial charge in [0.1, 0.15) is 0 Å². The van der Waals surface area contributed by atoms with Crippen molar-refractivity contribution < 1.29 is 9.59 Å². The Morgan fingerprint density at radius 1 is 1.26 bits per heavy atom. The molecule has 2 N–H and O–H groups in total. The summed E-state index contributed by atoms with van der Waals surface area (Å²) >= 11 is 0. The average molecular weight is 262 g/mol. The SMILES string of the molecule is CC(C)C(C)(CN)N1C(=O)C2C3C=CC(C3)C2C1=O. The van der Waals surface area contributed by atoms with Gasteiger partial charge in [-0.3, -0.25) is 14.5 Å². The predicted octanol–water partition coefficient (Wildman–Crippen LogP) is 1.17. The number of likely N-dealkylation sites (tertiary alicyclic amines) is 1. The Bertz CT molecular complexity index is 441. The first-order chi connectivity index (χ1) is 8.91. The first-order valence-corrected chi connectivity index (χ1v) is 7.18. The van der Waals surface area contributed by atoms with E-state index >= 15 is 0 Å². The molecule has 0 aromatic rings. The quantitative estimate of drug-likeness (QED) is 0.613. The average Bonchev–Trinajstić information content (AvgIpc) is 3.03. The molecule has 1 aliphatic heterocycles. The monoisotopic (exact) mass is 262 g/mol. The Hall–Kier alpha value is -1.16. The van der Waals surface area contributed by atoms with Crippen molar-refractivity contribution in [3.8, 4) is 0 Å². The van der Waals surface area contributed by atoms with Crippen LogP contribution >= 0.6 is 0 Å². The summed E-state index contributed by atoms with van der Waals surface area (Å²) in [4.78, 5) is 26.9. The van der Waals surface area contributed by atoms with Crippen molar-refractivity contribution in [2.75, 3.05) is 6.54 Å². The zero-order valence-corrected chi connectivity index (χ0v) is 11.8. The minimum absolute atomic E-state index is 0.00787. The van der Waals surface area contributed by atoms with Crippen LogP contribution in [0.2, 0.25) is 0 Å². The number of hydrogen-bond donors (Lipinski definition) is 1. The lowest BCUT2D eigenvalue weighted by molar-refractivity contribution is -0.149. The third-order valence-corrected chi connectivity index (χ3v) is 5.64. The molecule has 0 radical (unpaired) electrons. The van der Waals surface area contributed by atoms with Crippen LogP contribution in [-0.4, -0.2) is 28.8 Å². The van der Waals surface area contributed by atoms with Gasteiger partial charge in [-0.2, -0.15) is 0 Å². The topological polar surface area (TPSA) is 63.4 Å². The zero-order chi connectivity index (χ0) is 13.9. The molecule has 0 aromatic heterocycles. The van der Waals surface area contributed by atoms with Crippen LogP contribution in [0.5, 0.6) is 0 Å². The van der Waals surface area contributed by atoms with E-state index in [-0.39, 0.29) is 41.4 Å². The number of fused-ring (bicyclic) bond motifs is 5. The van der Waals surface area contributed by atoms with Crippen LogP contribution in [0.15, 0.2) is 12.2 Å². The van der Waals surface area contributed by atoms with Crippen molar-refractivity contribution in [1.29, 1.82) is 0 Å². The molecule has 19 heavy (non-hydrogen) atoms. The van der Waals surface area contributed by atoms with Gasteiger partial charge in [0.05, 0.1) is 17.4 Å². The fraction of sp³-hybridized carbons (Fsp3) is 0.733. The molecule has 4 nitrogen and oxygen atoms in total. The summed E-state index contributed by atoms with van der Waals surface area (Å²) in [5.41, 5.74) is 5.33. The lowest BCUT2D eigenvalue weighted by Crippen LogP contribution is -2.58.